The van der Waals surface area contributed by atoms with Crippen LogP contribution in [0.15, 0.2) is 0 Å². The van der Waals surface area contributed by atoms with Crippen molar-refractivity contribution >= 4 is 29.7 Å². The zero-order valence-corrected chi connectivity index (χ0v) is 4.53. The maximum atomic E-state index is 4.98. The molecule has 0 N–H and O–H groups in total. The Hall–Kier alpha value is 0.220. The molecule has 0 unspecified atom stereocenters. The van der Waals surface area contributed by atoms with Crippen LogP contribution in [0.25, 0.3) is 0 Å². The Morgan fingerprint density at radius 2 is 2.33 bits per heavy atom. The molecule has 0 aliphatic rings. The molecule has 0 aromatic heterocycles. The summed E-state index contributed by atoms with van der Waals surface area (Å²) in [5, 5.41) is 0. The van der Waals surface area contributed by atoms with E-state index >= 15 is 0 Å². The lowest BCUT2D eigenvalue weighted by Gasteiger charge is -1.87. The molecule has 0 heterocycles. The van der Waals surface area contributed by atoms with Gasteiger partial charge in [-0.3, -0.25) is 0 Å². The highest BCUT2D eigenvalue weighted by Gasteiger charge is 1.81. The van der Waals surface area contributed by atoms with Crippen LogP contribution in [-0.4, -0.2) is 29.7 Å². The Kier molecular flexibility index (Phi) is 5.41. The molecule has 0 bridgehead atoms. The van der Waals surface area contributed by atoms with Crippen LogP contribution in [0, 0.1) is 0 Å². The molecule has 0 aliphatic carbocycles. The van der Waals surface area contributed by atoms with Crippen LogP contribution in [0.5, 0.6) is 0 Å². The van der Waals surface area contributed by atoms with Crippen LogP contribution in [-0.2, 0) is 4.57 Å². The van der Waals surface area contributed by atoms with E-state index in [9.17, 15) is 0 Å². The molecule has 0 aromatic rings. The Bertz CT molecular complexity index is 19.5. The van der Waals surface area contributed by atoms with Crippen LogP contribution in [0.3, 0.4) is 0 Å². The van der Waals surface area contributed by atoms with E-state index in [0.29, 0.717) is 0 Å². The number of hydrogen-bond donors (Lipinski definition) is 0. The molecule has 0 rings (SSSR count). The summed E-state index contributed by atoms with van der Waals surface area (Å²) >= 11 is 0. The van der Waals surface area contributed by atoms with Crippen molar-refractivity contribution in [1.29, 1.82) is 0 Å². The molecule has 0 amide bonds. The van der Waals surface area contributed by atoms with E-state index in [2.05, 4.69) is 7.74 Å². The van der Waals surface area contributed by atoms with Gasteiger partial charge in [0, 0.05) is 0 Å². The van der Waals surface area contributed by atoms with E-state index in [-0.39, 0.29) is 0 Å². The minimum absolute atomic E-state index is 0.855. The third-order valence-electron chi connectivity index (χ3n) is 0.553. The quantitative estimate of drug-likeness (QED) is 0.272. The van der Waals surface area contributed by atoms with E-state index in [1.54, 1.807) is 0 Å². The summed E-state index contributed by atoms with van der Waals surface area (Å²) < 4.78 is 4.98. The van der Waals surface area contributed by atoms with Gasteiger partial charge in [-0.15, -0.1) is 0 Å². The van der Waals surface area contributed by atoms with Crippen molar-refractivity contribution in [3.05, 3.63) is 0 Å². The highest BCUT2D eigenvalue weighted by molar-refractivity contribution is 7.22. The first-order valence-electron chi connectivity index (χ1n) is 2.49. The van der Waals surface area contributed by atoms with Crippen LogP contribution in [0.2, 0.25) is 6.82 Å². The van der Waals surface area contributed by atoms with Crippen molar-refractivity contribution in [3.8, 4) is 0 Å². The third-order valence-corrected chi connectivity index (χ3v) is 0.553. The normalized spacial score (nSPS) is 6.83. The standard InChI is InChI=1S/CH8B4O/c1-3-6-5-4-2/h3-5H,2H2,1H3. The van der Waals surface area contributed by atoms with Crippen molar-refractivity contribution in [2.45, 2.75) is 6.82 Å². The monoisotopic (exact) mass is 80.1 g/mol. The Labute approximate surface area is 42.0 Å². The van der Waals surface area contributed by atoms with Gasteiger partial charge < -0.3 is 4.57 Å². The predicted molar refractivity (Wildman–Crippen MR) is 36.9 cm³/mol. The molecule has 0 aromatic carbocycles. The van der Waals surface area contributed by atoms with E-state index in [1.165, 1.54) is 0 Å². The molecular formula is CH8B4O. The van der Waals surface area contributed by atoms with Crippen molar-refractivity contribution < 1.29 is 4.57 Å². The molecular weight excluding hydrogens is 71.3 g/mol. The lowest BCUT2D eigenvalue weighted by molar-refractivity contribution is 0.663. The van der Waals surface area contributed by atoms with Gasteiger partial charge in [0.25, 0.3) is 7.48 Å². The fraction of sp³-hybridized carbons (Fsp3) is 1.00. The molecule has 0 fully saturated rings. The first-order valence-corrected chi connectivity index (χ1v) is 2.49. The molecule has 0 atom stereocenters. The maximum absolute atomic E-state index is 4.98. The van der Waals surface area contributed by atoms with Crippen molar-refractivity contribution in [2.75, 3.05) is 0 Å². The minimum Gasteiger partial charge on any atom is -0.510 e. The summed E-state index contributed by atoms with van der Waals surface area (Å²) in [6, 6.07) is 0. The zero-order chi connectivity index (χ0) is 4.83. The molecule has 0 radical (unpaired) electrons. The van der Waals surface area contributed by atoms with Crippen molar-refractivity contribution in [3.63, 3.8) is 0 Å². The molecule has 6 heavy (non-hydrogen) atoms. The average molecular weight is 79.3 g/mol. The second-order valence-corrected chi connectivity index (χ2v) is 1.20. The van der Waals surface area contributed by atoms with Gasteiger partial charge in [-0.2, -0.15) is 0 Å². The Balaban J connectivity index is 2.34. The third kappa shape index (κ3) is 4.22. The Morgan fingerprint density at radius 3 is 2.50 bits per heavy atom. The first kappa shape index (κ1) is 6.22. The van der Waals surface area contributed by atoms with Gasteiger partial charge in [-0.25, -0.2) is 0 Å². The Morgan fingerprint density at radius 1 is 1.67 bits per heavy atom. The van der Waals surface area contributed by atoms with E-state index in [1.807, 2.05) is 6.82 Å². The van der Waals surface area contributed by atoms with Crippen molar-refractivity contribution in [1.82, 2.24) is 0 Å². The van der Waals surface area contributed by atoms with Gasteiger partial charge in [0.05, 0.1) is 14.8 Å². The van der Waals surface area contributed by atoms with Gasteiger partial charge >= 0.3 is 0 Å². The van der Waals surface area contributed by atoms with Gasteiger partial charge in [-0.1, -0.05) is 6.82 Å². The predicted octanol–water partition coefficient (Wildman–Crippen LogP) is -2.35. The second kappa shape index (κ2) is 5.22. The SMILES string of the molecule is BBBOBC. The topological polar surface area (TPSA) is 9.23 Å². The highest BCUT2D eigenvalue weighted by atomic mass is 16.4. The highest BCUT2D eigenvalue weighted by Crippen LogP contribution is 1.57. The lowest BCUT2D eigenvalue weighted by atomic mass is 9.35. The minimum atomic E-state index is 0.855. The fourth-order valence-corrected chi connectivity index (χ4v) is 0.289. The van der Waals surface area contributed by atoms with Gasteiger partial charge in [0.1, 0.15) is 0 Å². The average Bonchev–Trinajstić information content (AvgIpc) is 1.61. The molecule has 0 spiro atoms. The fourth-order valence-electron chi connectivity index (χ4n) is 0.289. The summed E-state index contributed by atoms with van der Waals surface area (Å²) in [5.41, 5.74) is 0. The van der Waals surface area contributed by atoms with E-state index in [4.69, 9.17) is 4.57 Å². The van der Waals surface area contributed by atoms with Crippen molar-refractivity contribution in [2.24, 2.45) is 0 Å². The summed E-state index contributed by atoms with van der Waals surface area (Å²) in [7, 11) is 5.01. The molecule has 0 saturated carbocycles. The summed E-state index contributed by atoms with van der Waals surface area (Å²) in [6.45, 7) is 2.01. The van der Waals surface area contributed by atoms with Crippen LogP contribution in [0.1, 0.15) is 0 Å². The van der Waals surface area contributed by atoms with Gasteiger partial charge in [0.2, 0.25) is 7.37 Å². The van der Waals surface area contributed by atoms with Crippen LogP contribution in [0.4, 0.5) is 0 Å². The molecule has 1 nitrogen and oxygen atoms in total. The summed E-state index contributed by atoms with van der Waals surface area (Å²) in [6.07, 6.45) is 0. The van der Waals surface area contributed by atoms with Gasteiger partial charge in [0.15, 0.2) is 0 Å². The lowest BCUT2D eigenvalue weighted by Crippen LogP contribution is -2.09. The molecule has 30 valence electrons. The largest absolute Gasteiger partial charge is 0.510 e. The number of rotatable bonds is 3. The van der Waals surface area contributed by atoms with Crippen LogP contribution >= 0.6 is 0 Å². The summed E-state index contributed by atoms with van der Waals surface area (Å²) in [5.74, 6) is 0. The van der Waals surface area contributed by atoms with E-state index in [0.717, 1.165) is 21.9 Å². The maximum Gasteiger partial charge on any atom is 0.253 e. The zero-order valence-electron chi connectivity index (χ0n) is 4.53. The first-order chi connectivity index (χ1) is 2.91. The van der Waals surface area contributed by atoms with Crippen LogP contribution < -0.4 is 0 Å². The molecule has 5 heteroatoms. The van der Waals surface area contributed by atoms with Gasteiger partial charge in [-0.05, 0) is 0 Å². The van der Waals surface area contributed by atoms with E-state index < -0.39 is 0 Å². The number of hydrogen-bond acceptors (Lipinski definition) is 1. The second-order valence-electron chi connectivity index (χ2n) is 1.20. The smallest absolute Gasteiger partial charge is 0.253 e. The summed E-state index contributed by atoms with van der Waals surface area (Å²) in [4.78, 5) is 0. The molecule has 0 saturated heterocycles. The molecule has 0 aliphatic heterocycles.